The van der Waals surface area contributed by atoms with Crippen molar-refractivity contribution in [1.82, 2.24) is 15.6 Å². The zero-order chi connectivity index (χ0) is 18.2. The molecule has 2 aromatic rings. The predicted octanol–water partition coefficient (Wildman–Crippen LogP) is 2.25. The third kappa shape index (κ3) is 2.98. The van der Waals surface area contributed by atoms with E-state index in [2.05, 4.69) is 10.3 Å². The van der Waals surface area contributed by atoms with Gasteiger partial charge in [-0.1, -0.05) is 6.07 Å². The molecule has 0 aliphatic carbocycles. The Morgan fingerprint density at radius 2 is 1.96 bits per heavy atom. The maximum atomic E-state index is 13.6. The molecular formula is C15H12F3N3O3S. The van der Waals surface area contributed by atoms with Crippen molar-refractivity contribution in [2.24, 2.45) is 5.92 Å². The molecule has 3 N–H and O–H groups in total. The molecule has 0 radical (unpaired) electrons. The monoisotopic (exact) mass is 371 g/mol. The molecule has 25 heavy (non-hydrogen) atoms. The predicted molar refractivity (Wildman–Crippen MR) is 81.8 cm³/mol. The fraction of sp³-hybridized carbons (Fsp3) is 0.267. The Morgan fingerprint density at radius 1 is 1.28 bits per heavy atom. The average Bonchev–Trinajstić information content (AvgIpc) is 3.08. The standard InChI is InChI=1S/C15H12F3N3O3S/c16-15(17,18)14(24)10(12(22)9-2-1-7-25-9)11(20-13(23)21-14)8-3-5-19-6-4-8/h1-7,10-11,24H,(H2,20,21,23)/t10-,11+,14-/m0/s1. The lowest BCUT2D eigenvalue weighted by molar-refractivity contribution is -0.287. The lowest BCUT2D eigenvalue weighted by Gasteiger charge is -2.44. The number of pyridine rings is 1. The van der Waals surface area contributed by atoms with E-state index >= 15 is 0 Å². The number of halogens is 3. The van der Waals surface area contributed by atoms with Gasteiger partial charge < -0.3 is 15.7 Å². The maximum Gasteiger partial charge on any atom is 0.437 e. The van der Waals surface area contributed by atoms with Crippen LogP contribution in [0.15, 0.2) is 42.0 Å². The van der Waals surface area contributed by atoms with E-state index < -0.39 is 35.7 Å². The minimum atomic E-state index is -5.26. The number of rotatable bonds is 3. The lowest BCUT2D eigenvalue weighted by atomic mass is 9.79. The fourth-order valence-corrected chi connectivity index (χ4v) is 3.46. The van der Waals surface area contributed by atoms with Crippen molar-refractivity contribution in [3.05, 3.63) is 52.5 Å². The van der Waals surface area contributed by atoms with Crippen LogP contribution in [0.4, 0.5) is 18.0 Å². The summed E-state index contributed by atoms with van der Waals surface area (Å²) < 4.78 is 40.8. The maximum absolute atomic E-state index is 13.6. The summed E-state index contributed by atoms with van der Waals surface area (Å²) in [5, 5.41) is 15.6. The molecule has 0 bridgehead atoms. The molecule has 2 aromatic heterocycles. The zero-order valence-electron chi connectivity index (χ0n) is 12.4. The van der Waals surface area contributed by atoms with Crippen molar-refractivity contribution in [3.63, 3.8) is 0 Å². The summed E-state index contributed by atoms with van der Waals surface area (Å²) >= 11 is 0.953. The molecule has 10 heteroatoms. The number of nitrogens with one attached hydrogen (secondary N) is 2. The number of urea groups is 1. The SMILES string of the molecule is O=C1N[C@H](c2ccncc2)[C@@H](C(=O)c2cccs2)[C@](O)(C(F)(F)F)N1. The van der Waals surface area contributed by atoms with Gasteiger partial charge in [0.25, 0.3) is 0 Å². The van der Waals surface area contributed by atoms with Crippen LogP contribution in [-0.4, -0.2) is 33.8 Å². The molecule has 1 fully saturated rings. The Labute approximate surface area is 143 Å². The van der Waals surface area contributed by atoms with Crippen LogP contribution in [0.3, 0.4) is 0 Å². The molecule has 0 spiro atoms. The van der Waals surface area contributed by atoms with Crippen molar-refractivity contribution < 1.29 is 27.9 Å². The highest BCUT2D eigenvalue weighted by atomic mass is 32.1. The number of Topliss-reactive ketones (excluding diaryl/α,β-unsaturated/α-hetero) is 1. The number of amides is 2. The van der Waals surface area contributed by atoms with Gasteiger partial charge in [-0.3, -0.25) is 9.78 Å². The van der Waals surface area contributed by atoms with Crippen molar-refractivity contribution in [3.8, 4) is 0 Å². The Kier molecular flexibility index (Phi) is 4.25. The average molecular weight is 371 g/mol. The van der Waals surface area contributed by atoms with E-state index in [1.165, 1.54) is 47.4 Å². The van der Waals surface area contributed by atoms with Crippen LogP contribution in [0.1, 0.15) is 21.3 Å². The normalized spacial score (nSPS) is 26.6. The molecule has 1 saturated heterocycles. The van der Waals surface area contributed by atoms with Crippen LogP contribution in [0, 0.1) is 5.92 Å². The molecule has 3 atom stereocenters. The molecule has 3 heterocycles. The second kappa shape index (κ2) is 6.12. The largest absolute Gasteiger partial charge is 0.437 e. The summed E-state index contributed by atoms with van der Waals surface area (Å²) in [7, 11) is 0. The third-order valence-corrected chi connectivity index (χ3v) is 4.80. The fourth-order valence-electron chi connectivity index (χ4n) is 2.76. The summed E-state index contributed by atoms with van der Waals surface area (Å²) in [6.45, 7) is 0. The minimum absolute atomic E-state index is 0.0460. The Bertz CT molecular complexity index is 782. The second-order valence-corrected chi connectivity index (χ2v) is 6.39. The van der Waals surface area contributed by atoms with Gasteiger partial charge in [0.1, 0.15) is 5.92 Å². The topological polar surface area (TPSA) is 91.3 Å². The Morgan fingerprint density at radius 3 is 2.52 bits per heavy atom. The summed E-state index contributed by atoms with van der Waals surface area (Å²) in [5.74, 6) is -2.93. The molecule has 0 saturated carbocycles. The molecule has 3 rings (SSSR count). The Hall–Kier alpha value is -2.46. The molecule has 6 nitrogen and oxygen atoms in total. The van der Waals surface area contributed by atoms with Gasteiger partial charge in [0, 0.05) is 12.4 Å². The molecule has 0 unspecified atom stereocenters. The summed E-state index contributed by atoms with van der Waals surface area (Å²) in [5.41, 5.74) is -3.48. The number of carbonyl (C=O) groups excluding carboxylic acids is 2. The van der Waals surface area contributed by atoms with Gasteiger partial charge in [-0.25, -0.2) is 4.79 Å². The first-order valence-corrected chi connectivity index (χ1v) is 7.97. The number of aliphatic hydroxyl groups is 1. The van der Waals surface area contributed by atoms with Gasteiger partial charge in [-0.05, 0) is 29.1 Å². The lowest BCUT2D eigenvalue weighted by Crippen LogP contribution is -2.72. The van der Waals surface area contributed by atoms with E-state index in [0.29, 0.717) is 0 Å². The summed E-state index contributed by atoms with van der Waals surface area (Å²) in [6, 6.07) is 3.03. The van der Waals surface area contributed by atoms with Crippen LogP contribution in [0.25, 0.3) is 0 Å². The molecule has 2 amide bonds. The van der Waals surface area contributed by atoms with Crippen LogP contribution in [-0.2, 0) is 0 Å². The zero-order valence-corrected chi connectivity index (χ0v) is 13.3. The smallest absolute Gasteiger partial charge is 0.363 e. The number of hydrogen-bond acceptors (Lipinski definition) is 5. The van der Waals surface area contributed by atoms with Gasteiger partial charge in [0.2, 0.25) is 5.72 Å². The quantitative estimate of drug-likeness (QED) is 0.722. The van der Waals surface area contributed by atoms with Crippen molar-refractivity contribution in [2.45, 2.75) is 17.9 Å². The molecule has 132 valence electrons. The van der Waals surface area contributed by atoms with E-state index in [9.17, 15) is 27.9 Å². The van der Waals surface area contributed by atoms with Gasteiger partial charge in [0.05, 0.1) is 10.9 Å². The number of ketones is 1. The van der Waals surface area contributed by atoms with Gasteiger partial charge in [-0.15, -0.1) is 11.3 Å². The number of thiophene rings is 1. The first-order valence-electron chi connectivity index (χ1n) is 7.09. The highest BCUT2D eigenvalue weighted by molar-refractivity contribution is 7.12. The van der Waals surface area contributed by atoms with E-state index in [1.807, 2.05) is 0 Å². The number of hydrogen-bond donors (Lipinski definition) is 3. The highest BCUT2D eigenvalue weighted by Gasteiger charge is 2.66. The van der Waals surface area contributed by atoms with E-state index in [1.54, 1.807) is 0 Å². The minimum Gasteiger partial charge on any atom is -0.363 e. The second-order valence-electron chi connectivity index (χ2n) is 5.44. The number of alkyl halides is 3. The van der Waals surface area contributed by atoms with Crippen LogP contribution >= 0.6 is 11.3 Å². The summed E-state index contributed by atoms with van der Waals surface area (Å²) in [6.07, 6.45) is -2.61. The van der Waals surface area contributed by atoms with Gasteiger partial charge in [0.15, 0.2) is 5.78 Å². The van der Waals surface area contributed by atoms with E-state index in [-0.39, 0.29) is 10.4 Å². The molecular weight excluding hydrogens is 359 g/mol. The van der Waals surface area contributed by atoms with E-state index in [4.69, 9.17) is 0 Å². The first kappa shape index (κ1) is 17.4. The molecule has 1 aliphatic rings. The van der Waals surface area contributed by atoms with E-state index in [0.717, 1.165) is 11.3 Å². The first-order chi connectivity index (χ1) is 11.7. The number of carbonyl (C=O) groups is 2. The molecule has 1 aliphatic heterocycles. The number of nitrogens with zero attached hydrogens (tertiary/aromatic N) is 1. The van der Waals surface area contributed by atoms with Gasteiger partial charge >= 0.3 is 12.2 Å². The third-order valence-electron chi connectivity index (χ3n) is 3.92. The molecule has 0 aromatic carbocycles. The Balaban J connectivity index is 2.15. The van der Waals surface area contributed by atoms with Crippen molar-refractivity contribution in [1.29, 1.82) is 0 Å². The van der Waals surface area contributed by atoms with Crippen molar-refractivity contribution >= 4 is 23.2 Å². The van der Waals surface area contributed by atoms with Crippen LogP contribution in [0.5, 0.6) is 0 Å². The van der Waals surface area contributed by atoms with Gasteiger partial charge in [-0.2, -0.15) is 13.2 Å². The van der Waals surface area contributed by atoms with Crippen molar-refractivity contribution in [2.75, 3.05) is 0 Å². The summed E-state index contributed by atoms with van der Waals surface area (Å²) in [4.78, 5) is 28.3. The number of aromatic nitrogens is 1. The van der Waals surface area contributed by atoms with Crippen LogP contribution in [0.2, 0.25) is 0 Å². The highest BCUT2D eigenvalue weighted by Crippen LogP contribution is 2.44. The van der Waals surface area contributed by atoms with Crippen LogP contribution < -0.4 is 10.6 Å².